The first-order valence-electron chi connectivity index (χ1n) is 10.5. The Morgan fingerprint density at radius 3 is 3.00 bits per heavy atom. The molecule has 152 valence electrons. The lowest BCUT2D eigenvalue weighted by atomic mass is 9.93. The van der Waals surface area contributed by atoms with Gasteiger partial charge in [-0.05, 0) is 38.5 Å². The Balaban J connectivity index is 1.40. The van der Waals surface area contributed by atoms with Crippen molar-refractivity contribution in [2.24, 2.45) is 0 Å². The van der Waals surface area contributed by atoms with Gasteiger partial charge in [-0.2, -0.15) is 0 Å². The minimum Gasteiger partial charge on any atom is -0.360 e. The Hall–Kier alpha value is -2.90. The monoisotopic (exact) mass is 395 g/mol. The fourth-order valence-corrected chi connectivity index (χ4v) is 4.57. The van der Waals surface area contributed by atoms with Crippen LogP contribution < -0.4 is 5.56 Å². The molecule has 0 saturated carbocycles. The maximum absolute atomic E-state index is 13.1. The van der Waals surface area contributed by atoms with Crippen molar-refractivity contribution in [3.05, 3.63) is 50.9 Å². The molecule has 0 bridgehead atoms. The van der Waals surface area contributed by atoms with E-state index in [1.54, 1.807) is 6.07 Å². The molecule has 1 N–H and O–H groups in total. The lowest BCUT2D eigenvalue weighted by molar-refractivity contribution is 0.0694. The maximum Gasteiger partial charge on any atom is 0.276 e. The van der Waals surface area contributed by atoms with Crippen molar-refractivity contribution >= 4 is 11.6 Å². The fraction of sp³-hybridized carbons (Fsp3) is 0.524. The van der Waals surface area contributed by atoms with E-state index in [-0.39, 0.29) is 17.4 Å². The highest BCUT2D eigenvalue weighted by molar-refractivity contribution is 5.94. The van der Waals surface area contributed by atoms with E-state index in [9.17, 15) is 9.59 Å². The zero-order chi connectivity index (χ0) is 20.0. The first kappa shape index (κ1) is 18.1. The number of aromatic nitrogens is 4. The van der Waals surface area contributed by atoms with Crippen LogP contribution in [-0.2, 0) is 19.3 Å². The van der Waals surface area contributed by atoms with E-state index in [0.717, 1.165) is 74.2 Å². The lowest BCUT2D eigenvalue weighted by Crippen LogP contribution is -2.39. The summed E-state index contributed by atoms with van der Waals surface area (Å²) in [5.41, 5.74) is 3.76. The summed E-state index contributed by atoms with van der Waals surface area (Å²) >= 11 is 0. The standard InChI is InChI=1S/C21H25N5O3/c1-2-14-10-19(27)26-18(22-14)11-16(23-26)13-6-5-9-25(12-13)21(28)20-15-7-3-4-8-17(15)29-24-20/h10-11,13,23H,2-9,12H2,1H3. The predicted octanol–water partition coefficient (Wildman–Crippen LogP) is 2.47. The van der Waals surface area contributed by atoms with Gasteiger partial charge < -0.3 is 9.42 Å². The molecule has 2 aliphatic rings. The van der Waals surface area contributed by atoms with E-state index in [1.807, 2.05) is 17.9 Å². The van der Waals surface area contributed by atoms with Crippen LogP contribution >= 0.6 is 0 Å². The molecule has 3 aromatic rings. The molecule has 29 heavy (non-hydrogen) atoms. The normalized spacial score (nSPS) is 19.5. The Kier molecular flexibility index (Phi) is 4.49. The highest BCUT2D eigenvalue weighted by atomic mass is 16.5. The van der Waals surface area contributed by atoms with Gasteiger partial charge >= 0.3 is 0 Å². The van der Waals surface area contributed by atoms with Crippen molar-refractivity contribution in [2.45, 2.75) is 57.8 Å². The molecule has 5 rings (SSSR count). The molecule has 1 amide bonds. The minimum atomic E-state index is -0.101. The van der Waals surface area contributed by atoms with Gasteiger partial charge in [-0.15, -0.1) is 0 Å². The number of aromatic amines is 1. The highest BCUT2D eigenvalue weighted by Crippen LogP contribution is 2.29. The SMILES string of the molecule is CCc1cc(=O)n2[nH]c(C3CCCN(C(=O)c4noc5c4CCCC5)C3)cc2n1. The number of hydrogen-bond donors (Lipinski definition) is 1. The number of hydrogen-bond acceptors (Lipinski definition) is 5. The predicted molar refractivity (Wildman–Crippen MR) is 106 cm³/mol. The molecule has 8 nitrogen and oxygen atoms in total. The molecule has 1 aliphatic heterocycles. The van der Waals surface area contributed by atoms with Crippen LogP contribution in [0.3, 0.4) is 0 Å². The molecule has 4 heterocycles. The number of rotatable bonds is 3. The van der Waals surface area contributed by atoms with Crippen LogP contribution in [0.25, 0.3) is 5.65 Å². The zero-order valence-corrected chi connectivity index (χ0v) is 16.6. The second kappa shape index (κ2) is 7.17. The van der Waals surface area contributed by atoms with E-state index in [0.29, 0.717) is 17.9 Å². The number of carbonyl (C=O) groups is 1. The summed E-state index contributed by atoms with van der Waals surface area (Å²) in [6.45, 7) is 3.30. The Labute approximate surface area is 167 Å². The number of piperidine rings is 1. The van der Waals surface area contributed by atoms with Crippen LogP contribution in [0.4, 0.5) is 0 Å². The third-order valence-electron chi connectivity index (χ3n) is 6.19. The Bertz CT molecular complexity index is 1130. The fourth-order valence-electron chi connectivity index (χ4n) is 4.57. The summed E-state index contributed by atoms with van der Waals surface area (Å²) in [7, 11) is 0. The number of nitrogens with zero attached hydrogens (tertiary/aromatic N) is 4. The second-order valence-electron chi connectivity index (χ2n) is 8.07. The van der Waals surface area contributed by atoms with E-state index >= 15 is 0 Å². The van der Waals surface area contributed by atoms with Crippen LogP contribution in [0, 0.1) is 0 Å². The molecular weight excluding hydrogens is 370 g/mol. The van der Waals surface area contributed by atoms with E-state index in [1.165, 1.54) is 4.52 Å². The van der Waals surface area contributed by atoms with Gasteiger partial charge in [0.15, 0.2) is 11.3 Å². The third kappa shape index (κ3) is 3.16. The second-order valence-corrected chi connectivity index (χ2v) is 8.07. The topological polar surface area (TPSA) is 96.5 Å². The van der Waals surface area contributed by atoms with Crippen molar-refractivity contribution in [3.8, 4) is 0 Å². The van der Waals surface area contributed by atoms with Crippen LogP contribution in [0.5, 0.6) is 0 Å². The van der Waals surface area contributed by atoms with Gasteiger partial charge in [0.25, 0.3) is 11.5 Å². The minimum absolute atomic E-state index is 0.0405. The quantitative estimate of drug-likeness (QED) is 0.735. The summed E-state index contributed by atoms with van der Waals surface area (Å²) in [4.78, 5) is 31.9. The number of aryl methyl sites for hydroxylation is 2. The van der Waals surface area contributed by atoms with Gasteiger partial charge in [0.05, 0.1) is 0 Å². The Morgan fingerprint density at radius 2 is 2.14 bits per heavy atom. The maximum atomic E-state index is 13.1. The number of nitrogens with one attached hydrogen (secondary N) is 1. The van der Waals surface area contributed by atoms with Crippen LogP contribution in [0.1, 0.15) is 71.7 Å². The first-order chi connectivity index (χ1) is 14.1. The van der Waals surface area contributed by atoms with E-state index in [4.69, 9.17) is 4.52 Å². The number of carbonyl (C=O) groups excluding carboxylic acids is 1. The average Bonchev–Trinajstić information content (AvgIpc) is 3.38. The summed E-state index contributed by atoms with van der Waals surface area (Å²) in [6.07, 6.45) is 6.50. The molecule has 1 aliphatic carbocycles. The Morgan fingerprint density at radius 1 is 1.28 bits per heavy atom. The highest BCUT2D eigenvalue weighted by Gasteiger charge is 2.31. The number of likely N-dealkylation sites (tertiary alicyclic amines) is 1. The van der Waals surface area contributed by atoms with Crippen molar-refractivity contribution < 1.29 is 9.32 Å². The third-order valence-corrected chi connectivity index (χ3v) is 6.19. The first-order valence-corrected chi connectivity index (χ1v) is 10.5. The van der Waals surface area contributed by atoms with Crippen molar-refractivity contribution in [1.82, 2.24) is 24.7 Å². The summed E-state index contributed by atoms with van der Waals surface area (Å²) in [5.74, 6) is 0.976. The molecule has 0 aromatic carbocycles. The van der Waals surface area contributed by atoms with Gasteiger partial charge in [0, 0.05) is 54.5 Å². The van der Waals surface area contributed by atoms with E-state index in [2.05, 4.69) is 15.2 Å². The molecule has 1 unspecified atom stereocenters. The average molecular weight is 395 g/mol. The number of fused-ring (bicyclic) bond motifs is 2. The zero-order valence-electron chi connectivity index (χ0n) is 16.6. The molecule has 0 spiro atoms. The van der Waals surface area contributed by atoms with E-state index < -0.39 is 0 Å². The smallest absolute Gasteiger partial charge is 0.276 e. The summed E-state index contributed by atoms with van der Waals surface area (Å²) in [6, 6.07) is 3.51. The molecule has 0 radical (unpaired) electrons. The van der Waals surface area contributed by atoms with Crippen molar-refractivity contribution in [3.63, 3.8) is 0 Å². The van der Waals surface area contributed by atoms with Crippen LogP contribution in [-0.4, -0.2) is 43.7 Å². The lowest BCUT2D eigenvalue weighted by Gasteiger charge is -2.32. The molecule has 3 aromatic heterocycles. The summed E-state index contributed by atoms with van der Waals surface area (Å²) in [5, 5.41) is 7.31. The van der Waals surface area contributed by atoms with Crippen LogP contribution in [0.15, 0.2) is 21.5 Å². The molecular formula is C21H25N5O3. The largest absolute Gasteiger partial charge is 0.360 e. The van der Waals surface area contributed by atoms with Crippen molar-refractivity contribution in [1.29, 1.82) is 0 Å². The van der Waals surface area contributed by atoms with Gasteiger partial charge in [-0.25, -0.2) is 9.50 Å². The van der Waals surface area contributed by atoms with Crippen molar-refractivity contribution in [2.75, 3.05) is 13.1 Å². The van der Waals surface area contributed by atoms with Gasteiger partial charge in [0.2, 0.25) is 0 Å². The summed E-state index contributed by atoms with van der Waals surface area (Å²) < 4.78 is 6.92. The van der Waals surface area contributed by atoms with Gasteiger partial charge in [0.1, 0.15) is 5.76 Å². The van der Waals surface area contributed by atoms with Crippen LogP contribution in [0.2, 0.25) is 0 Å². The number of H-pyrrole nitrogens is 1. The van der Waals surface area contributed by atoms with Gasteiger partial charge in [-0.1, -0.05) is 12.1 Å². The molecule has 8 heteroatoms. The van der Waals surface area contributed by atoms with Gasteiger partial charge in [-0.3, -0.25) is 14.7 Å². The molecule has 1 fully saturated rings. The number of amides is 1. The molecule has 1 atom stereocenters. The molecule has 1 saturated heterocycles.